The van der Waals surface area contributed by atoms with Gasteiger partial charge in [-0.2, -0.15) is 0 Å². The summed E-state index contributed by atoms with van der Waals surface area (Å²) < 4.78 is 29.1. The first kappa shape index (κ1) is 20.0. The highest BCUT2D eigenvalue weighted by Gasteiger charge is 2.23. The molecule has 0 bridgehead atoms. The van der Waals surface area contributed by atoms with Crippen molar-refractivity contribution in [2.24, 2.45) is 5.92 Å². The summed E-state index contributed by atoms with van der Waals surface area (Å²) in [5.41, 5.74) is 2.74. The standard InChI is InChI=1S/C25H32F2/c1-3-5-6-7-19-8-11-20(12-9-19)21-13-15-23(25(27)17-21)22-14-10-18(4-2)16-24(22)26/h10,13-17,19-20H,3-9,11-12H2,1-2H3/t19-,20-. The first-order valence-electron chi connectivity index (χ1n) is 10.7. The quantitative estimate of drug-likeness (QED) is 0.432. The Balaban J connectivity index is 1.67. The number of aryl methyl sites for hydroxylation is 1. The Morgan fingerprint density at radius 2 is 1.48 bits per heavy atom. The van der Waals surface area contributed by atoms with Crippen LogP contribution < -0.4 is 0 Å². The maximum atomic E-state index is 14.8. The van der Waals surface area contributed by atoms with Crippen molar-refractivity contribution in [3.8, 4) is 11.1 Å². The van der Waals surface area contributed by atoms with Crippen LogP contribution in [-0.4, -0.2) is 0 Å². The van der Waals surface area contributed by atoms with Crippen LogP contribution in [0.2, 0.25) is 0 Å². The molecule has 27 heavy (non-hydrogen) atoms. The monoisotopic (exact) mass is 370 g/mol. The highest BCUT2D eigenvalue weighted by molar-refractivity contribution is 5.65. The molecule has 0 amide bonds. The molecule has 0 spiro atoms. The molecule has 0 nitrogen and oxygen atoms in total. The predicted octanol–water partition coefficient (Wildman–Crippen LogP) is 8.05. The van der Waals surface area contributed by atoms with Gasteiger partial charge in [0.1, 0.15) is 11.6 Å². The fourth-order valence-corrected chi connectivity index (χ4v) is 4.47. The second kappa shape index (κ2) is 9.48. The second-order valence-corrected chi connectivity index (χ2v) is 8.12. The molecule has 2 heteroatoms. The smallest absolute Gasteiger partial charge is 0.131 e. The molecule has 3 rings (SSSR count). The van der Waals surface area contributed by atoms with Crippen molar-refractivity contribution >= 4 is 0 Å². The van der Waals surface area contributed by atoms with Crippen LogP contribution in [-0.2, 0) is 6.42 Å². The Morgan fingerprint density at radius 1 is 0.815 bits per heavy atom. The molecule has 1 aliphatic rings. The third-order valence-corrected chi connectivity index (χ3v) is 6.26. The van der Waals surface area contributed by atoms with E-state index in [1.807, 2.05) is 19.1 Å². The molecule has 2 aromatic carbocycles. The van der Waals surface area contributed by atoms with Gasteiger partial charge in [-0.05, 0) is 67.2 Å². The molecule has 0 saturated heterocycles. The number of benzene rings is 2. The fourth-order valence-electron chi connectivity index (χ4n) is 4.47. The molecule has 2 aromatic rings. The van der Waals surface area contributed by atoms with Crippen LogP contribution in [0.25, 0.3) is 11.1 Å². The van der Waals surface area contributed by atoms with Gasteiger partial charge in [0, 0.05) is 11.1 Å². The van der Waals surface area contributed by atoms with E-state index >= 15 is 0 Å². The van der Waals surface area contributed by atoms with Crippen LogP contribution in [0.3, 0.4) is 0 Å². The van der Waals surface area contributed by atoms with E-state index in [2.05, 4.69) is 6.92 Å². The van der Waals surface area contributed by atoms with Crippen molar-refractivity contribution in [1.29, 1.82) is 0 Å². The average molecular weight is 371 g/mol. The van der Waals surface area contributed by atoms with Crippen molar-refractivity contribution in [2.45, 2.75) is 77.6 Å². The highest BCUT2D eigenvalue weighted by Crippen LogP contribution is 2.39. The van der Waals surface area contributed by atoms with Gasteiger partial charge in [-0.1, -0.05) is 63.8 Å². The molecule has 0 heterocycles. The third kappa shape index (κ3) is 4.97. The molecule has 0 aliphatic heterocycles. The van der Waals surface area contributed by atoms with Gasteiger partial charge in [-0.3, -0.25) is 0 Å². The summed E-state index contributed by atoms with van der Waals surface area (Å²) in [4.78, 5) is 0. The molecule has 0 aromatic heterocycles. The largest absolute Gasteiger partial charge is 0.206 e. The number of rotatable bonds is 7. The topological polar surface area (TPSA) is 0 Å². The molecule has 146 valence electrons. The van der Waals surface area contributed by atoms with Crippen LogP contribution in [0, 0.1) is 17.6 Å². The lowest BCUT2D eigenvalue weighted by molar-refractivity contribution is 0.302. The number of hydrogen-bond acceptors (Lipinski definition) is 0. The van der Waals surface area contributed by atoms with Gasteiger partial charge in [-0.25, -0.2) is 8.78 Å². The van der Waals surface area contributed by atoms with Crippen LogP contribution >= 0.6 is 0 Å². The van der Waals surface area contributed by atoms with Crippen LogP contribution in [0.5, 0.6) is 0 Å². The minimum Gasteiger partial charge on any atom is -0.206 e. The minimum atomic E-state index is -0.339. The number of hydrogen-bond donors (Lipinski definition) is 0. The van der Waals surface area contributed by atoms with E-state index in [0.29, 0.717) is 17.0 Å². The molecular weight excluding hydrogens is 338 g/mol. The molecule has 1 aliphatic carbocycles. The van der Waals surface area contributed by atoms with Crippen LogP contribution in [0.15, 0.2) is 36.4 Å². The van der Waals surface area contributed by atoms with Crippen molar-refractivity contribution in [3.63, 3.8) is 0 Å². The molecule has 0 atom stereocenters. The lowest BCUT2D eigenvalue weighted by Crippen LogP contribution is -2.13. The van der Waals surface area contributed by atoms with E-state index in [-0.39, 0.29) is 11.6 Å². The summed E-state index contributed by atoms with van der Waals surface area (Å²) in [7, 11) is 0. The molecular formula is C25H32F2. The van der Waals surface area contributed by atoms with Gasteiger partial charge in [0.25, 0.3) is 0 Å². The Kier molecular flexibility index (Phi) is 7.04. The summed E-state index contributed by atoms with van der Waals surface area (Å²) in [6.45, 7) is 4.24. The average Bonchev–Trinajstić information content (AvgIpc) is 2.69. The van der Waals surface area contributed by atoms with Crippen LogP contribution in [0.4, 0.5) is 8.78 Å². The maximum absolute atomic E-state index is 14.8. The zero-order valence-corrected chi connectivity index (χ0v) is 16.7. The van der Waals surface area contributed by atoms with E-state index in [0.717, 1.165) is 36.3 Å². The first-order chi connectivity index (χ1) is 13.1. The summed E-state index contributed by atoms with van der Waals surface area (Å²) in [5.74, 6) is 0.653. The summed E-state index contributed by atoms with van der Waals surface area (Å²) in [6.07, 6.45) is 10.9. The van der Waals surface area contributed by atoms with E-state index < -0.39 is 0 Å². The molecule has 1 saturated carbocycles. The lowest BCUT2D eigenvalue weighted by atomic mass is 9.77. The molecule has 0 N–H and O–H groups in total. The summed E-state index contributed by atoms with van der Waals surface area (Å²) >= 11 is 0. The highest BCUT2D eigenvalue weighted by atomic mass is 19.1. The van der Waals surface area contributed by atoms with Crippen molar-refractivity contribution in [2.75, 3.05) is 0 Å². The zero-order valence-electron chi connectivity index (χ0n) is 16.7. The van der Waals surface area contributed by atoms with Crippen molar-refractivity contribution in [1.82, 2.24) is 0 Å². The van der Waals surface area contributed by atoms with E-state index in [1.54, 1.807) is 18.2 Å². The summed E-state index contributed by atoms with van der Waals surface area (Å²) in [6, 6.07) is 10.5. The van der Waals surface area contributed by atoms with Gasteiger partial charge in [-0.15, -0.1) is 0 Å². The fraction of sp³-hybridized carbons (Fsp3) is 0.520. The van der Waals surface area contributed by atoms with E-state index in [1.165, 1.54) is 44.6 Å². The molecule has 1 fully saturated rings. The maximum Gasteiger partial charge on any atom is 0.131 e. The Bertz CT molecular complexity index is 742. The number of halogens is 2. The lowest BCUT2D eigenvalue weighted by Gasteiger charge is -2.29. The second-order valence-electron chi connectivity index (χ2n) is 8.12. The van der Waals surface area contributed by atoms with Gasteiger partial charge in [0.05, 0.1) is 0 Å². The Hall–Kier alpha value is -1.70. The SMILES string of the molecule is CCCCC[C@H]1CC[C@H](c2ccc(-c3ccc(CC)cc3F)c(F)c2)CC1. The molecule has 0 unspecified atom stereocenters. The predicted molar refractivity (Wildman–Crippen MR) is 110 cm³/mol. The Labute approximate surface area is 163 Å². The summed E-state index contributed by atoms with van der Waals surface area (Å²) in [5, 5.41) is 0. The molecule has 0 radical (unpaired) electrons. The first-order valence-corrected chi connectivity index (χ1v) is 10.7. The Morgan fingerprint density at radius 3 is 2.07 bits per heavy atom. The van der Waals surface area contributed by atoms with Gasteiger partial charge < -0.3 is 0 Å². The minimum absolute atomic E-state index is 0.305. The zero-order chi connectivity index (χ0) is 19.2. The van der Waals surface area contributed by atoms with E-state index in [9.17, 15) is 8.78 Å². The third-order valence-electron chi connectivity index (χ3n) is 6.26. The van der Waals surface area contributed by atoms with E-state index in [4.69, 9.17) is 0 Å². The van der Waals surface area contributed by atoms with Gasteiger partial charge in [0.15, 0.2) is 0 Å². The van der Waals surface area contributed by atoms with Gasteiger partial charge in [0.2, 0.25) is 0 Å². The van der Waals surface area contributed by atoms with Crippen LogP contribution in [0.1, 0.15) is 82.3 Å². The normalized spacial score (nSPS) is 20.0. The van der Waals surface area contributed by atoms with Gasteiger partial charge >= 0.3 is 0 Å². The van der Waals surface area contributed by atoms with Crippen molar-refractivity contribution in [3.05, 3.63) is 59.2 Å². The van der Waals surface area contributed by atoms with Crippen molar-refractivity contribution < 1.29 is 8.78 Å². The number of unbranched alkanes of at least 4 members (excludes halogenated alkanes) is 2.